The zero-order chi connectivity index (χ0) is 11.5. The molecule has 0 aliphatic heterocycles. The Morgan fingerprint density at radius 2 is 2.19 bits per heavy atom. The molecule has 0 N–H and O–H groups in total. The van der Waals surface area contributed by atoms with Gasteiger partial charge in [-0.2, -0.15) is 0 Å². The highest BCUT2D eigenvalue weighted by atomic mass is 15.1. The third kappa shape index (κ3) is 1.82. The van der Waals surface area contributed by atoms with E-state index in [4.69, 9.17) is 4.98 Å². The van der Waals surface area contributed by atoms with Crippen molar-refractivity contribution in [3.8, 4) is 0 Å². The second kappa shape index (κ2) is 4.64. The molecule has 2 heterocycles. The summed E-state index contributed by atoms with van der Waals surface area (Å²) >= 11 is 0. The van der Waals surface area contributed by atoms with Crippen molar-refractivity contribution in [2.45, 2.75) is 39.0 Å². The second-order valence-electron chi connectivity index (χ2n) is 4.29. The number of imidazole rings is 1. The molecule has 0 aromatic carbocycles. The topological polar surface area (TPSA) is 30.7 Å². The number of rotatable bonds is 4. The van der Waals surface area contributed by atoms with Crippen molar-refractivity contribution in [3.63, 3.8) is 0 Å². The summed E-state index contributed by atoms with van der Waals surface area (Å²) in [4.78, 5) is 8.88. The second-order valence-corrected chi connectivity index (χ2v) is 4.29. The summed E-state index contributed by atoms with van der Waals surface area (Å²) in [6, 6.07) is 1.98. The molecule has 0 aliphatic carbocycles. The Bertz CT molecular complexity index is 473. The lowest BCUT2D eigenvalue weighted by Crippen LogP contribution is -2.05. The quantitative estimate of drug-likeness (QED) is 0.787. The highest BCUT2D eigenvalue weighted by Crippen LogP contribution is 2.26. The molecule has 2 aromatic heterocycles. The number of nitrogens with zero attached hydrogens (tertiary/aromatic N) is 3. The molecule has 1 atom stereocenters. The van der Waals surface area contributed by atoms with E-state index in [1.165, 1.54) is 18.7 Å². The van der Waals surface area contributed by atoms with Crippen LogP contribution in [0.5, 0.6) is 0 Å². The summed E-state index contributed by atoms with van der Waals surface area (Å²) in [5.74, 6) is 1.77. The van der Waals surface area contributed by atoms with Crippen LogP contribution in [-0.2, 0) is 7.05 Å². The fourth-order valence-electron chi connectivity index (χ4n) is 2.28. The number of aromatic nitrogens is 3. The maximum atomic E-state index is 4.72. The Hall–Kier alpha value is -1.38. The first-order valence-electron chi connectivity index (χ1n) is 6.04. The first kappa shape index (κ1) is 11.1. The smallest absolute Gasteiger partial charge is 0.112 e. The van der Waals surface area contributed by atoms with Gasteiger partial charge in [0.25, 0.3) is 0 Å². The fraction of sp³-hybridized carbons (Fsp3) is 0.538. The maximum Gasteiger partial charge on any atom is 0.112 e. The van der Waals surface area contributed by atoms with Gasteiger partial charge in [0.2, 0.25) is 0 Å². The molecule has 16 heavy (non-hydrogen) atoms. The van der Waals surface area contributed by atoms with Gasteiger partial charge in [0, 0.05) is 19.2 Å². The molecule has 0 fully saturated rings. The van der Waals surface area contributed by atoms with Crippen LogP contribution in [-0.4, -0.2) is 14.5 Å². The Labute approximate surface area is 96.5 Å². The SMILES string of the molecule is CCCC(CC)c1nc2ccncc2n1C. The van der Waals surface area contributed by atoms with Crippen molar-refractivity contribution in [3.05, 3.63) is 24.3 Å². The third-order valence-electron chi connectivity index (χ3n) is 3.21. The number of fused-ring (bicyclic) bond motifs is 1. The number of aryl methyl sites for hydroxylation is 1. The highest BCUT2D eigenvalue weighted by molar-refractivity contribution is 5.74. The van der Waals surface area contributed by atoms with Gasteiger partial charge in [0.05, 0.1) is 17.2 Å². The van der Waals surface area contributed by atoms with Gasteiger partial charge in [-0.1, -0.05) is 20.3 Å². The zero-order valence-electron chi connectivity index (χ0n) is 10.3. The van der Waals surface area contributed by atoms with Gasteiger partial charge in [-0.05, 0) is 18.9 Å². The molecule has 0 radical (unpaired) electrons. The van der Waals surface area contributed by atoms with Crippen LogP contribution in [0.2, 0.25) is 0 Å². The number of hydrogen-bond acceptors (Lipinski definition) is 2. The molecule has 0 amide bonds. The summed E-state index contributed by atoms with van der Waals surface area (Å²) in [5.41, 5.74) is 2.19. The van der Waals surface area contributed by atoms with Gasteiger partial charge in [-0.25, -0.2) is 4.98 Å². The van der Waals surface area contributed by atoms with Crippen LogP contribution in [0.4, 0.5) is 0 Å². The van der Waals surface area contributed by atoms with E-state index in [1.807, 2.05) is 12.3 Å². The van der Waals surface area contributed by atoms with Crippen LogP contribution in [0.15, 0.2) is 18.5 Å². The molecule has 86 valence electrons. The molecule has 2 aromatic rings. The molecule has 2 rings (SSSR count). The molecular weight excluding hydrogens is 198 g/mol. The lowest BCUT2D eigenvalue weighted by atomic mass is 10.00. The van der Waals surface area contributed by atoms with Gasteiger partial charge >= 0.3 is 0 Å². The normalized spacial score (nSPS) is 13.2. The van der Waals surface area contributed by atoms with Gasteiger partial charge in [0.15, 0.2) is 0 Å². The molecule has 3 heteroatoms. The average Bonchev–Trinajstić information content (AvgIpc) is 2.64. The lowest BCUT2D eigenvalue weighted by Gasteiger charge is -2.13. The summed E-state index contributed by atoms with van der Waals surface area (Å²) in [6.45, 7) is 4.46. The highest BCUT2D eigenvalue weighted by Gasteiger charge is 2.15. The van der Waals surface area contributed by atoms with E-state index in [-0.39, 0.29) is 0 Å². The van der Waals surface area contributed by atoms with E-state index in [9.17, 15) is 0 Å². The van der Waals surface area contributed by atoms with Crippen molar-refractivity contribution in [1.82, 2.24) is 14.5 Å². The standard InChI is InChI=1S/C13H19N3/c1-4-6-10(5-2)13-15-11-7-8-14-9-12(11)16(13)3/h7-10H,4-6H2,1-3H3. The largest absolute Gasteiger partial charge is 0.330 e. The van der Waals surface area contributed by atoms with E-state index in [0.29, 0.717) is 5.92 Å². The molecule has 0 bridgehead atoms. The predicted octanol–water partition coefficient (Wildman–Crippen LogP) is 3.26. The molecule has 1 unspecified atom stereocenters. The minimum atomic E-state index is 0.572. The maximum absolute atomic E-state index is 4.72. The number of pyridine rings is 1. The van der Waals surface area contributed by atoms with Crippen molar-refractivity contribution in [1.29, 1.82) is 0 Å². The van der Waals surface area contributed by atoms with E-state index in [2.05, 4.69) is 30.4 Å². The van der Waals surface area contributed by atoms with Crippen LogP contribution in [0.3, 0.4) is 0 Å². The summed E-state index contributed by atoms with van der Waals surface area (Å²) < 4.78 is 2.19. The molecule has 0 saturated heterocycles. The van der Waals surface area contributed by atoms with E-state index in [0.717, 1.165) is 17.5 Å². The Morgan fingerprint density at radius 1 is 1.38 bits per heavy atom. The van der Waals surface area contributed by atoms with Crippen LogP contribution in [0.25, 0.3) is 11.0 Å². The Morgan fingerprint density at radius 3 is 2.81 bits per heavy atom. The summed E-state index contributed by atoms with van der Waals surface area (Å²) in [6.07, 6.45) is 7.27. The van der Waals surface area contributed by atoms with Crippen molar-refractivity contribution in [2.24, 2.45) is 7.05 Å². The van der Waals surface area contributed by atoms with E-state index in [1.54, 1.807) is 6.20 Å². The Kier molecular flexibility index (Phi) is 3.22. The third-order valence-corrected chi connectivity index (χ3v) is 3.21. The first-order valence-corrected chi connectivity index (χ1v) is 6.04. The zero-order valence-corrected chi connectivity index (χ0v) is 10.3. The van der Waals surface area contributed by atoms with Gasteiger partial charge < -0.3 is 4.57 Å². The van der Waals surface area contributed by atoms with Crippen LogP contribution in [0, 0.1) is 0 Å². The van der Waals surface area contributed by atoms with Crippen LogP contribution >= 0.6 is 0 Å². The molecule has 0 spiro atoms. The van der Waals surface area contributed by atoms with Crippen molar-refractivity contribution in [2.75, 3.05) is 0 Å². The van der Waals surface area contributed by atoms with E-state index < -0.39 is 0 Å². The Balaban J connectivity index is 2.47. The van der Waals surface area contributed by atoms with Crippen molar-refractivity contribution < 1.29 is 0 Å². The molecular formula is C13H19N3. The molecule has 3 nitrogen and oxygen atoms in total. The van der Waals surface area contributed by atoms with Gasteiger partial charge in [-0.3, -0.25) is 4.98 Å². The first-order chi connectivity index (χ1) is 7.77. The van der Waals surface area contributed by atoms with Gasteiger partial charge in [-0.15, -0.1) is 0 Å². The van der Waals surface area contributed by atoms with Crippen LogP contribution < -0.4 is 0 Å². The van der Waals surface area contributed by atoms with Crippen LogP contribution in [0.1, 0.15) is 44.9 Å². The number of hydrogen-bond donors (Lipinski definition) is 0. The molecule has 0 aliphatic rings. The van der Waals surface area contributed by atoms with Gasteiger partial charge in [0.1, 0.15) is 5.82 Å². The average molecular weight is 217 g/mol. The minimum Gasteiger partial charge on any atom is -0.330 e. The molecule has 0 saturated carbocycles. The monoisotopic (exact) mass is 217 g/mol. The van der Waals surface area contributed by atoms with E-state index >= 15 is 0 Å². The summed E-state index contributed by atoms with van der Waals surface area (Å²) in [5, 5.41) is 0. The van der Waals surface area contributed by atoms with Crippen molar-refractivity contribution >= 4 is 11.0 Å². The summed E-state index contributed by atoms with van der Waals surface area (Å²) in [7, 11) is 2.09. The fourth-order valence-corrected chi connectivity index (χ4v) is 2.28. The minimum absolute atomic E-state index is 0.572. The lowest BCUT2D eigenvalue weighted by molar-refractivity contribution is 0.549. The predicted molar refractivity (Wildman–Crippen MR) is 66.4 cm³/mol.